The predicted octanol–water partition coefficient (Wildman–Crippen LogP) is 3.82. The van der Waals surface area contributed by atoms with Crippen molar-refractivity contribution in [1.29, 1.82) is 0 Å². The highest BCUT2D eigenvalue weighted by Gasteiger charge is 2.21. The summed E-state index contributed by atoms with van der Waals surface area (Å²) in [5.41, 5.74) is 10.9. The quantitative estimate of drug-likeness (QED) is 0.452. The molecule has 5 heteroatoms. The molecule has 0 fully saturated rings. The topological polar surface area (TPSA) is 84.2 Å². The molecule has 0 heterocycles. The second-order valence-corrected chi connectivity index (χ2v) is 7.38. The van der Waals surface area contributed by atoms with E-state index < -0.39 is 0 Å². The van der Waals surface area contributed by atoms with Gasteiger partial charge < -0.3 is 16.4 Å². The first-order chi connectivity index (χ1) is 14.6. The van der Waals surface area contributed by atoms with Crippen LogP contribution in [0.2, 0.25) is 0 Å². The fraction of sp³-hybridized carbons (Fsp3) is 0.120. The van der Waals surface area contributed by atoms with Crippen molar-refractivity contribution >= 4 is 29.3 Å². The number of anilines is 2. The van der Waals surface area contributed by atoms with E-state index in [-0.39, 0.29) is 17.9 Å². The number of rotatable bonds is 5. The monoisotopic (exact) mass is 397 g/mol. The van der Waals surface area contributed by atoms with Gasteiger partial charge in [-0.05, 0) is 59.9 Å². The van der Waals surface area contributed by atoms with Gasteiger partial charge in [-0.3, -0.25) is 9.59 Å². The SMILES string of the molecule is Nc1ccccc1NC(=O)c1ccc(C=CC(=O)NC2Cc3ccccc3C2)cc1. The Morgan fingerprint density at radius 2 is 1.50 bits per heavy atom. The summed E-state index contributed by atoms with van der Waals surface area (Å²) >= 11 is 0. The number of amides is 2. The number of nitrogens with one attached hydrogen (secondary N) is 2. The second kappa shape index (κ2) is 8.66. The lowest BCUT2D eigenvalue weighted by molar-refractivity contribution is -0.117. The van der Waals surface area contributed by atoms with E-state index in [4.69, 9.17) is 5.73 Å². The third-order valence-electron chi connectivity index (χ3n) is 5.21. The third kappa shape index (κ3) is 4.58. The Hall–Kier alpha value is -3.86. The molecule has 30 heavy (non-hydrogen) atoms. The van der Waals surface area contributed by atoms with E-state index in [1.165, 1.54) is 17.2 Å². The van der Waals surface area contributed by atoms with Crippen molar-refractivity contribution in [3.63, 3.8) is 0 Å². The summed E-state index contributed by atoms with van der Waals surface area (Å²) < 4.78 is 0. The smallest absolute Gasteiger partial charge is 0.255 e. The highest BCUT2D eigenvalue weighted by Crippen LogP contribution is 2.21. The molecule has 0 bridgehead atoms. The number of carbonyl (C=O) groups is 2. The van der Waals surface area contributed by atoms with Crippen molar-refractivity contribution in [3.05, 3.63) is 101 Å². The van der Waals surface area contributed by atoms with Crippen LogP contribution >= 0.6 is 0 Å². The van der Waals surface area contributed by atoms with Gasteiger partial charge >= 0.3 is 0 Å². The lowest BCUT2D eigenvalue weighted by Gasteiger charge is -2.09. The number of nitrogen functional groups attached to an aromatic ring is 1. The van der Waals surface area contributed by atoms with Gasteiger partial charge in [-0.15, -0.1) is 0 Å². The summed E-state index contributed by atoms with van der Waals surface area (Å²) in [5, 5.41) is 5.85. The Bertz CT molecular complexity index is 1080. The molecule has 150 valence electrons. The zero-order valence-electron chi connectivity index (χ0n) is 16.5. The summed E-state index contributed by atoms with van der Waals surface area (Å²) in [7, 11) is 0. The Labute approximate surface area is 175 Å². The second-order valence-electron chi connectivity index (χ2n) is 7.38. The first-order valence-electron chi connectivity index (χ1n) is 9.90. The van der Waals surface area contributed by atoms with Crippen molar-refractivity contribution in [2.45, 2.75) is 18.9 Å². The number of para-hydroxylation sites is 2. The van der Waals surface area contributed by atoms with Crippen LogP contribution in [0.3, 0.4) is 0 Å². The van der Waals surface area contributed by atoms with Gasteiger partial charge in [-0.2, -0.15) is 0 Å². The molecule has 1 aliphatic rings. The number of nitrogens with two attached hydrogens (primary N) is 1. The Kier molecular flexibility index (Phi) is 5.61. The number of hydrogen-bond acceptors (Lipinski definition) is 3. The lowest BCUT2D eigenvalue weighted by Crippen LogP contribution is -2.34. The van der Waals surface area contributed by atoms with Gasteiger partial charge in [0.1, 0.15) is 0 Å². The van der Waals surface area contributed by atoms with Crippen LogP contribution in [0.4, 0.5) is 11.4 Å². The van der Waals surface area contributed by atoms with Crippen molar-refractivity contribution in [2.75, 3.05) is 11.1 Å². The summed E-state index contributed by atoms with van der Waals surface area (Å²) in [5.74, 6) is -0.351. The molecule has 4 N–H and O–H groups in total. The summed E-state index contributed by atoms with van der Waals surface area (Å²) in [6.07, 6.45) is 5.01. The van der Waals surface area contributed by atoms with Gasteiger partial charge in [0.25, 0.3) is 5.91 Å². The van der Waals surface area contributed by atoms with E-state index >= 15 is 0 Å². The van der Waals surface area contributed by atoms with Crippen LogP contribution in [0.5, 0.6) is 0 Å². The van der Waals surface area contributed by atoms with E-state index in [2.05, 4.69) is 22.8 Å². The standard InChI is InChI=1S/C25H23N3O2/c26-22-7-3-4-8-23(22)28-25(30)18-12-9-17(10-13-18)11-14-24(29)27-21-15-19-5-1-2-6-20(19)16-21/h1-14,21H,15-16,26H2,(H,27,29)(H,28,30). The maximum atomic E-state index is 12.4. The minimum Gasteiger partial charge on any atom is -0.397 e. The van der Waals surface area contributed by atoms with E-state index in [1.807, 2.05) is 24.3 Å². The molecule has 0 aromatic heterocycles. The normalized spacial score (nSPS) is 13.2. The van der Waals surface area contributed by atoms with Crippen LogP contribution in [0, 0.1) is 0 Å². The number of hydrogen-bond donors (Lipinski definition) is 3. The van der Waals surface area contributed by atoms with E-state index in [9.17, 15) is 9.59 Å². The number of fused-ring (bicyclic) bond motifs is 1. The molecule has 0 unspecified atom stereocenters. The molecule has 4 rings (SSSR count). The molecule has 0 aliphatic heterocycles. The zero-order valence-corrected chi connectivity index (χ0v) is 16.5. The maximum absolute atomic E-state index is 12.4. The van der Waals surface area contributed by atoms with Crippen LogP contribution in [0.25, 0.3) is 6.08 Å². The van der Waals surface area contributed by atoms with Crippen LogP contribution in [-0.2, 0) is 17.6 Å². The molecule has 5 nitrogen and oxygen atoms in total. The van der Waals surface area contributed by atoms with Crippen molar-refractivity contribution in [3.8, 4) is 0 Å². The van der Waals surface area contributed by atoms with Gasteiger partial charge in [0.2, 0.25) is 5.91 Å². The molecule has 0 saturated carbocycles. The highest BCUT2D eigenvalue weighted by atomic mass is 16.2. The fourth-order valence-corrected chi connectivity index (χ4v) is 3.63. The van der Waals surface area contributed by atoms with Crippen molar-refractivity contribution in [1.82, 2.24) is 5.32 Å². The molecule has 3 aromatic carbocycles. The number of carbonyl (C=O) groups excluding carboxylic acids is 2. The largest absolute Gasteiger partial charge is 0.397 e. The summed E-state index contributed by atoms with van der Waals surface area (Å²) in [6.45, 7) is 0. The molecule has 0 saturated heterocycles. The van der Waals surface area contributed by atoms with Crippen LogP contribution in [0.15, 0.2) is 78.9 Å². The van der Waals surface area contributed by atoms with Gasteiger partial charge in [-0.25, -0.2) is 0 Å². The predicted molar refractivity (Wildman–Crippen MR) is 120 cm³/mol. The number of benzene rings is 3. The Balaban J connectivity index is 1.32. The van der Waals surface area contributed by atoms with E-state index in [0.717, 1.165) is 18.4 Å². The van der Waals surface area contributed by atoms with Crippen molar-refractivity contribution < 1.29 is 9.59 Å². The van der Waals surface area contributed by atoms with Crippen molar-refractivity contribution in [2.24, 2.45) is 0 Å². The van der Waals surface area contributed by atoms with Gasteiger partial charge in [0, 0.05) is 17.7 Å². The van der Waals surface area contributed by atoms with E-state index in [1.54, 1.807) is 42.5 Å². The van der Waals surface area contributed by atoms with Crippen LogP contribution in [-0.4, -0.2) is 17.9 Å². The minimum atomic E-state index is -0.234. The lowest BCUT2D eigenvalue weighted by atomic mass is 10.1. The molecule has 0 spiro atoms. The molecule has 2 amide bonds. The highest BCUT2D eigenvalue weighted by molar-refractivity contribution is 6.05. The van der Waals surface area contributed by atoms with Gasteiger partial charge in [0.15, 0.2) is 0 Å². The van der Waals surface area contributed by atoms with Gasteiger partial charge in [0.05, 0.1) is 11.4 Å². The average molecular weight is 397 g/mol. The fourth-order valence-electron chi connectivity index (χ4n) is 3.63. The molecule has 0 atom stereocenters. The molecule has 1 aliphatic carbocycles. The molecular weight excluding hydrogens is 374 g/mol. The molecular formula is C25H23N3O2. The summed E-state index contributed by atoms with van der Waals surface area (Å²) in [6, 6.07) is 22.6. The Morgan fingerprint density at radius 1 is 0.867 bits per heavy atom. The summed E-state index contributed by atoms with van der Waals surface area (Å²) in [4.78, 5) is 24.6. The Morgan fingerprint density at radius 3 is 2.17 bits per heavy atom. The maximum Gasteiger partial charge on any atom is 0.255 e. The van der Waals surface area contributed by atoms with Crippen LogP contribution < -0.4 is 16.4 Å². The van der Waals surface area contributed by atoms with Crippen LogP contribution in [0.1, 0.15) is 27.0 Å². The first kappa shape index (κ1) is 19.5. The average Bonchev–Trinajstić information content (AvgIpc) is 3.16. The zero-order chi connectivity index (χ0) is 20.9. The minimum absolute atomic E-state index is 0.117. The molecule has 0 radical (unpaired) electrons. The van der Waals surface area contributed by atoms with Gasteiger partial charge in [-0.1, -0.05) is 48.5 Å². The molecule has 3 aromatic rings. The van der Waals surface area contributed by atoms with E-state index in [0.29, 0.717) is 16.9 Å². The first-order valence-corrected chi connectivity index (χ1v) is 9.90. The third-order valence-corrected chi connectivity index (χ3v) is 5.21.